The molecule has 1 rings (SSSR count). The minimum absolute atomic E-state index is 0.174. The van der Waals surface area contributed by atoms with Crippen molar-refractivity contribution in [3.8, 4) is 11.5 Å². The average Bonchev–Trinajstić information content (AvgIpc) is 2.84. The summed E-state index contributed by atoms with van der Waals surface area (Å²) in [7, 11) is 0. The first-order chi connectivity index (χ1) is 19.5. The Morgan fingerprint density at radius 2 is 1.38 bits per heavy atom. The highest BCUT2D eigenvalue weighted by Gasteiger charge is 2.35. The highest BCUT2D eigenvalue weighted by Crippen LogP contribution is 2.49. The van der Waals surface area contributed by atoms with Crippen LogP contribution >= 0.6 is 11.8 Å². The molecule has 0 aliphatic rings. The van der Waals surface area contributed by atoms with E-state index >= 15 is 0 Å². The van der Waals surface area contributed by atoms with E-state index in [1.54, 1.807) is 11.8 Å². The number of carbonyl (C=O) groups excluding carboxylic acids is 2. The molecular formula is C36H56O5S. The van der Waals surface area contributed by atoms with E-state index in [1.807, 2.05) is 27.7 Å². The van der Waals surface area contributed by atoms with Gasteiger partial charge in [0.15, 0.2) is 0 Å². The Hall–Kier alpha value is -2.47. The molecular weight excluding hydrogens is 544 g/mol. The Morgan fingerprint density at radius 3 is 1.88 bits per heavy atom. The van der Waals surface area contributed by atoms with E-state index in [0.29, 0.717) is 24.2 Å². The number of allylic oxidation sites excluding steroid dienone is 6. The van der Waals surface area contributed by atoms with Gasteiger partial charge in [0.25, 0.3) is 0 Å². The molecule has 6 heteroatoms. The fourth-order valence-electron chi connectivity index (χ4n) is 5.27. The summed E-state index contributed by atoms with van der Waals surface area (Å²) in [6.45, 7) is 23.3. The topological polar surface area (TPSA) is 72.8 Å². The molecule has 0 aliphatic carbocycles. The molecule has 1 aromatic rings. The molecule has 42 heavy (non-hydrogen) atoms. The molecule has 0 spiro atoms. The number of esters is 2. The maximum atomic E-state index is 12.3. The second kappa shape index (κ2) is 17.6. The van der Waals surface area contributed by atoms with Crippen molar-refractivity contribution in [1.29, 1.82) is 0 Å². The number of phenols is 1. The second-order valence-corrected chi connectivity index (χ2v) is 14.3. The molecule has 0 amide bonds. The number of hydrogen-bond acceptors (Lipinski definition) is 6. The molecule has 0 aromatic heterocycles. The van der Waals surface area contributed by atoms with Gasteiger partial charge < -0.3 is 14.6 Å². The van der Waals surface area contributed by atoms with Gasteiger partial charge in [0.2, 0.25) is 0 Å². The third-order valence-corrected chi connectivity index (χ3v) is 8.83. The Morgan fingerprint density at radius 1 is 0.833 bits per heavy atom. The first kappa shape index (κ1) is 37.6. The van der Waals surface area contributed by atoms with Gasteiger partial charge in [-0.15, -0.1) is 0 Å². The van der Waals surface area contributed by atoms with E-state index in [2.05, 4.69) is 59.8 Å². The Kier molecular flexibility index (Phi) is 15.7. The van der Waals surface area contributed by atoms with Crippen LogP contribution in [0.5, 0.6) is 11.5 Å². The summed E-state index contributed by atoms with van der Waals surface area (Å²) >= 11 is 1.72. The summed E-state index contributed by atoms with van der Waals surface area (Å²) in [5.41, 5.74) is 6.31. The van der Waals surface area contributed by atoms with E-state index in [-0.39, 0.29) is 22.2 Å². The van der Waals surface area contributed by atoms with Crippen LogP contribution in [0.3, 0.4) is 0 Å². The zero-order chi connectivity index (χ0) is 32.2. The van der Waals surface area contributed by atoms with E-state index in [1.165, 1.54) is 30.6 Å². The van der Waals surface area contributed by atoms with Gasteiger partial charge in [-0.2, -0.15) is 11.8 Å². The lowest BCUT2D eigenvalue weighted by Gasteiger charge is -2.35. The molecule has 0 fully saturated rings. The Labute approximate surface area is 260 Å². The lowest BCUT2D eigenvalue weighted by molar-refractivity contribution is -0.156. The highest BCUT2D eigenvalue weighted by atomic mass is 32.2. The number of thioether (sulfide) groups is 1. The smallest absolute Gasteiger partial charge is 0.308 e. The van der Waals surface area contributed by atoms with Gasteiger partial charge >= 0.3 is 11.9 Å². The van der Waals surface area contributed by atoms with Crippen LogP contribution in [-0.4, -0.2) is 27.9 Å². The molecule has 0 aliphatic heterocycles. The van der Waals surface area contributed by atoms with Gasteiger partial charge in [-0.3, -0.25) is 9.59 Å². The lowest BCUT2D eigenvalue weighted by Crippen LogP contribution is -2.33. The van der Waals surface area contributed by atoms with Crippen LogP contribution < -0.4 is 4.74 Å². The number of phenolic OH excluding ortho intramolecular Hbond substituents is 1. The summed E-state index contributed by atoms with van der Waals surface area (Å²) in [4.78, 5) is 24.2. The van der Waals surface area contributed by atoms with Crippen LogP contribution in [0, 0.1) is 20.8 Å². The van der Waals surface area contributed by atoms with Gasteiger partial charge in [-0.25, -0.2) is 0 Å². The van der Waals surface area contributed by atoms with E-state index in [9.17, 15) is 14.7 Å². The third kappa shape index (κ3) is 12.8. The Bertz CT molecular complexity index is 1170. The fourth-order valence-corrected chi connectivity index (χ4v) is 6.80. The molecule has 2 atom stereocenters. The quantitative estimate of drug-likeness (QED) is 0.116. The van der Waals surface area contributed by atoms with Crippen molar-refractivity contribution in [3.05, 3.63) is 57.2 Å². The molecule has 236 valence electrons. The van der Waals surface area contributed by atoms with Crippen molar-refractivity contribution in [2.75, 3.05) is 0 Å². The number of hydrogen-bond donors (Lipinski definition) is 1. The van der Waals surface area contributed by atoms with Crippen molar-refractivity contribution < 1.29 is 24.2 Å². The van der Waals surface area contributed by atoms with Crippen molar-refractivity contribution >= 4 is 23.7 Å². The first-order valence-electron chi connectivity index (χ1n) is 15.3. The van der Waals surface area contributed by atoms with Crippen LogP contribution in [0.2, 0.25) is 0 Å². The van der Waals surface area contributed by atoms with Crippen LogP contribution in [0.4, 0.5) is 0 Å². The second-order valence-electron chi connectivity index (χ2n) is 12.5. The van der Waals surface area contributed by atoms with E-state index in [4.69, 9.17) is 9.47 Å². The predicted molar refractivity (Wildman–Crippen MR) is 179 cm³/mol. The van der Waals surface area contributed by atoms with Gasteiger partial charge in [-0.05, 0) is 110 Å². The number of rotatable bonds is 16. The van der Waals surface area contributed by atoms with Crippen molar-refractivity contribution in [2.45, 2.75) is 144 Å². The summed E-state index contributed by atoms with van der Waals surface area (Å²) in [6.07, 6.45) is 13.1. The molecule has 0 heterocycles. The van der Waals surface area contributed by atoms with Crippen molar-refractivity contribution in [3.63, 3.8) is 0 Å². The zero-order valence-electron chi connectivity index (χ0n) is 28.3. The monoisotopic (exact) mass is 600 g/mol. The van der Waals surface area contributed by atoms with Gasteiger partial charge in [-0.1, -0.05) is 48.8 Å². The maximum Gasteiger partial charge on any atom is 0.308 e. The lowest BCUT2D eigenvalue weighted by atomic mass is 9.87. The minimum Gasteiger partial charge on any atom is -0.507 e. The summed E-state index contributed by atoms with van der Waals surface area (Å²) < 4.78 is 11.6. The standard InChI is InChI=1S/C36H56O5S/c1-23(2)16-13-17-25(5)18-14-19-26(6)20-15-21-36(12,41-31(11)38)22-32(42-24(3)4)33-29(9)35(40-30(10)37)28(8)27(7)34(33)39/h16,18,20,24,32,39H,13-15,17,19,21-22H2,1-12H3. The molecule has 0 saturated heterocycles. The number of aromatic hydroxyl groups is 1. The van der Waals surface area contributed by atoms with Crippen LogP contribution in [0.15, 0.2) is 34.9 Å². The fraction of sp³-hybridized carbons (Fsp3) is 0.611. The Balaban J connectivity index is 3.20. The largest absolute Gasteiger partial charge is 0.507 e. The van der Waals surface area contributed by atoms with Crippen LogP contribution in [-0.2, 0) is 14.3 Å². The molecule has 1 N–H and O–H groups in total. The predicted octanol–water partition coefficient (Wildman–Crippen LogP) is 10.3. The number of carbonyl (C=O) groups is 2. The van der Waals surface area contributed by atoms with Crippen molar-refractivity contribution in [2.24, 2.45) is 0 Å². The van der Waals surface area contributed by atoms with Gasteiger partial charge in [0.1, 0.15) is 17.1 Å². The SMILES string of the molecule is CC(=O)Oc1c(C)c(C)c(O)c(C(CC(C)(CCC=C(C)CCC=C(C)CCC=C(C)C)OC(C)=O)SC(C)C)c1C. The maximum absolute atomic E-state index is 12.3. The number of benzene rings is 1. The normalized spacial score (nSPS) is 14.4. The van der Waals surface area contributed by atoms with Gasteiger partial charge in [0.05, 0.1) is 0 Å². The van der Waals surface area contributed by atoms with Crippen molar-refractivity contribution in [1.82, 2.24) is 0 Å². The summed E-state index contributed by atoms with van der Waals surface area (Å²) in [5, 5.41) is 11.4. The minimum atomic E-state index is -0.740. The first-order valence-corrected chi connectivity index (χ1v) is 16.2. The summed E-state index contributed by atoms with van der Waals surface area (Å²) in [5.74, 6) is -0.00579. The number of ether oxygens (including phenoxy) is 2. The zero-order valence-corrected chi connectivity index (χ0v) is 29.1. The van der Waals surface area contributed by atoms with E-state index in [0.717, 1.165) is 48.8 Å². The molecule has 5 nitrogen and oxygen atoms in total. The molecule has 0 radical (unpaired) electrons. The van der Waals surface area contributed by atoms with Crippen LogP contribution in [0.1, 0.15) is 135 Å². The molecule has 0 bridgehead atoms. The molecule has 2 unspecified atom stereocenters. The third-order valence-electron chi connectivity index (χ3n) is 7.56. The van der Waals surface area contributed by atoms with Crippen LogP contribution in [0.25, 0.3) is 0 Å². The molecule has 0 saturated carbocycles. The van der Waals surface area contributed by atoms with Gasteiger partial charge in [0, 0.05) is 36.6 Å². The van der Waals surface area contributed by atoms with E-state index < -0.39 is 11.6 Å². The molecule has 1 aromatic carbocycles. The highest BCUT2D eigenvalue weighted by molar-refractivity contribution is 8.00. The summed E-state index contributed by atoms with van der Waals surface area (Å²) in [6, 6.07) is 0. The average molecular weight is 601 g/mol.